The van der Waals surface area contributed by atoms with Gasteiger partial charge in [0.05, 0.1) is 11.5 Å². The molecule has 0 aliphatic heterocycles. The Morgan fingerprint density at radius 1 is 1.50 bits per heavy atom. The smallest absolute Gasteiger partial charge is 0.346 e. The number of hydrogen-bond acceptors (Lipinski definition) is 5. The molecule has 0 spiro atoms. The number of carbonyl (C=O) groups is 2. The van der Waals surface area contributed by atoms with Gasteiger partial charge in [-0.2, -0.15) is 4.98 Å². The van der Waals surface area contributed by atoms with Gasteiger partial charge in [0.2, 0.25) is 0 Å². The van der Waals surface area contributed by atoms with Crippen LogP contribution >= 0.6 is 11.8 Å². The molecule has 1 atom stereocenters. The monoisotopic (exact) mass is 299 g/mol. The molecular formula is C12H17N3O4S. The Bertz CT molecular complexity index is 570. The fourth-order valence-electron chi connectivity index (χ4n) is 1.59. The van der Waals surface area contributed by atoms with Crippen molar-refractivity contribution in [3.63, 3.8) is 0 Å². The first-order chi connectivity index (χ1) is 9.36. The average molecular weight is 299 g/mol. The van der Waals surface area contributed by atoms with Gasteiger partial charge in [-0.15, -0.1) is 11.8 Å². The number of nitrogens with zero attached hydrogens (tertiary/aromatic N) is 1. The summed E-state index contributed by atoms with van der Waals surface area (Å²) in [5, 5.41) is 11.8. The lowest BCUT2D eigenvalue weighted by Gasteiger charge is -2.11. The van der Waals surface area contributed by atoms with Crippen LogP contribution in [0, 0.1) is 12.8 Å². The van der Waals surface area contributed by atoms with Crippen LogP contribution < -0.4 is 11.0 Å². The van der Waals surface area contributed by atoms with Gasteiger partial charge in [-0.1, -0.05) is 6.92 Å². The number of hydrogen-bond donors (Lipinski definition) is 3. The molecule has 7 nitrogen and oxygen atoms in total. The van der Waals surface area contributed by atoms with Crippen LogP contribution in [-0.4, -0.2) is 39.8 Å². The van der Waals surface area contributed by atoms with Gasteiger partial charge in [0.1, 0.15) is 5.03 Å². The van der Waals surface area contributed by atoms with E-state index in [9.17, 15) is 14.4 Å². The molecule has 0 saturated heterocycles. The number of H-pyrrole nitrogens is 1. The van der Waals surface area contributed by atoms with E-state index in [1.54, 1.807) is 20.1 Å². The van der Waals surface area contributed by atoms with E-state index in [1.165, 1.54) is 11.8 Å². The van der Waals surface area contributed by atoms with Crippen molar-refractivity contribution in [3.8, 4) is 0 Å². The summed E-state index contributed by atoms with van der Waals surface area (Å²) in [5.41, 5.74) is 0.265. The van der Waals surface area contributed by atoms with Gasteiger partial charge < -0.3 is 15.4 Å². The standard InChI is InChI=1S/C12H17N3O4S/c1-6(11(17)18)4-5-13-9(16)8-7(2)14-12(19)15-10(8)20-3/h6H,4-5H2,1-3H3,(H,13,16)(H,17,18)(H,14,15,19). The van der Waals surface area contributed by atoms with Crippen LogP contribution in [0.2, 0.25) is 0 Å². The molecule has 0 saturated carbocycles. The molecule has 1 aromatic heterocycles. The van der Waals surface area contributed by atoms with Crippen LogP contribution in [0.25, 0.3) is 0 Å². The van der Waals surface area contributed by atoms with Crippen molar-refractivity contribution in [1.82, 2.24) is 15.3 Å². The highest BCUT2D eigenvalue weighted by Crippen LogP contribution is 2.17. The second-order valence-corrected chi connectivity index (χ2v) is 5.13. The molecule has 0 fully saturated rings. The van der Waals surface area contributed by atoms with Crippen molar-refractivity contribution in [2.75, 3.05) is 12.8 Å². The first-order valence-corrected chi connectivity index (χ1v) is 7.25. The second-order valence-electron chi connectivity index (χ2n) is 4.34. The zero-order chi connectivity index (χ0) is 15.3. The predicted molar refractivity (Wildman–Crippen MR) is 75.1 cm³/mol. The summed E-state index contributed by atoms with van der Waals surface area (Å²) >= 11 is 1.21. The zero-order valence-corrected chi connectivity index (χ0v) is 12.3. The van der Waals surface area contributed by atoms with Gasteiger partial charge in [-0.05, 0) is 19.6 Å². The van der Waals surface area contributed by atoms with Crippen molar-refractivity contribution in [3.05, 3.63) is 21.7 Å². The Hall–Kier alpha value is -1.83. The molecule has 110 valence electrons. The normalized spacial score (nSPS) is 11.9. The van der Waals surface area contributed by atoms with E-state index in [4.69, 9.17) is 5.11 Å². The van der Waals surface area contributed by atoms with Crippen LogP contribution in [0.4, 0.5) is 0 Å². The van der Waals surface area contributed by atoms with Crippen LogP contribution in [0.5, 0.6) is 0 Å². The fraction of sp³-hybridized carbons (Fsp3) is 0.500. The third kappa shape index (κ3) is 4.09. The average Bonchev–Trinajstić information content (AvgIpc) is 2.36. The number of amides is 1. The zero-order valence-electron chi connectivity index (χ0n) is 11.5. The maximum atomic E-state index is 12.1. The van der Waals surface area contributed by atoms with Crippen LogP contribution in [-0.2, 0) is 4.79 Å². The number of aromatic amines is 1. The molecule has 8 heteroatoms. The summed E-state index contributed by atoms with van der Waals surface area (Å²) in [7, 11) is 0. The number of aromatic nitrogens is 2. The molecule has 0 radical (unpaired) electrons. The lowest BCUT2D eigenvalue weighted by Crippen LogP contribution is -2.30. The molecule has 1 aromatic rings. The number of aliphatic carboxylic acids is 1. The predicted octanol–water partition coefficient (Wildman–Crippen LogP) is 0.641. The van der Waals surface area contributed by atoms with E-state index >= 15 is 0 Å². The number of carboxylic acid groups (broad SMARTS) is 1. The molecule has 0 aliphatic carbocycles. The van der Waals surface area contributed by atoms with E-state index in [1.807, 2.05) is 0 Å². The van der Waals surface area contributed by atoms with Gasteiger partial charge in [-0.3, -0.25) is 9.59 Å². The Morgan fingerprint density at radius 2 is 2.15 bits per heavy atom. The number of carboxylic acids is 1. The maximum absolute atomic E-state index is 12.1. The molecule has 1 rings (SSSR count). The SMILES string of the molecule is CSc1nc(=O)[nH]c(C)c1C(=O)NCCC(C)C(=O)O. The van der Waals surface area contributed by atoms with Gasteiger partial charge in [0, 0.05) is 12.2 Å². The molecule has 1 unspecified atom stereocenters. The Morgan fingerprint density at radius 3 is 2.70 bits per heavy atom. The first kappa shape index (κ1) is 16.2. The summed E-state index contributed by atoms with van der Waals surface area (Å²) in [6.45, 7) is 3.45. The maximum Gasteiger partial charge on any atom is 0.346 e. The summed E-state index contributed by atoms with van der Waals surface area (Å²) < 4.78 is 0. The molecule has 3 N–H and O–H groups in total. The van der Waals surface area contributed by atoms with Gasteiger partial charge >= 0.3 is 11.7 Å². The molecule has 1 amide bonds. The second kappa shape index (κ2) is 7.09. The highest BCUT2D eigenvalue weighted by Gasteiger charge is 2.17. The quantitative estimate of drug-likeness (QED) is 0.525. The van der Waals surface area contributed by atoms with Gasteiger partial charge in [0.25, 0.3) is 5.91 Å². The topological polar surface area (TPSA) is 112 Å². The summed E-state index contributed by atoms with van der Waals surface area (Å²) in [6.07, 6.45) is 2.07. The number of thioether (sulfide) groups is 1. The van der Waals surface area contributed by atoms with Crippen molar-refractivity contribution >= 4 is 23.6 Å². The third-order valence-electron chi connectivity index (χ3n) is 2.79. The van der Waals surface area contributed by atoms with E-state index in [2.05, 4.69) is 15.3 Å². The largest absolute Gasteiger partial charge is 0.481 e. The molecule has 1 heterocycles. The summed E-state index contributed by atoms with van der Waals surface area (Å²) in [5.74, 6) is -1.79. The minimum Gasteiger partial charge on any atom is -0.481 e. The van der Waals surface area contributed by atoms with Crippen molar-refractivity contribution < 1.29 is 14.7 Å². The minimum atomic E-state index is -0.897. The molecule has 20 heavy (non-hydrogen) atoms. The Balaban J connectivity index is 2.78. The number of aryl methyl sites for hydroxylation is 1. The number of rotatable bonds is 6. The number of nitrogens with one attached hydrogen (secondary N) is 2. The van der Waals surface area contributed by atoms with Crippen molar-refractivity contribution in [2.24, 2.45) is 5.92 Å². The Kier molecular flexibility index (Phi) is 5.75. The fourth-order valence-corrected chi connectivity index (χ4v) is 2.21. The lowest BCUT2D eigenvalue weighted by molar-refractivity contribution is -0.141. The van der Waals surface area contributed by atoms with E-state index in [-0.39, 0.29) is 12.5 Å². The van der Waals surface area contributed by atoms with E-state index in [0.29, 0.717) is 22.7 Å². The van der Waals surface area contributed by atoms with Crippen molar-refractivity contribution in [2.45, 2.75) is 25.3 Å². The van der Waals surface area contributed by atoms with Crippen LogP contribution in [0.1, 0.15) is 29.4 Å². The molecule has 0 aliphatic rings. The van der Waals surface area contributed by atoms with Crippen molar-refractivity contribution in [1.29, 1.82) is 0 Å². The van der Waals surface area contributed by atoms with Gasteiger partial charge in [-0.25, -0.2) is 4.79 Å². The molecule has 0 aromatic carbocycles. The Labute approximate surface area is 120 Å². The van der Waals surface area contributed by atoms with Gasteiger partial charge in [0.15, 0.2) is 0 Å². The highest BCUT2D eigenvalue weighted by molar-refractivity contribution is 7.98. The molecule has 0 bridgehead atoms. The summed E-state index contributed by atoms with van der Waals surface area (Å²) in [6, 6.07) is 0. The van der Waals surface area contributed by atoms with Crippen LogP contribution in [0.3, 0.4) is 0 Å². The minimum absolute atomic E-state index is 0.249. The summed E-state index contributed by atoms with van der Waals surface area (Å²) in [4.78, 5) is 40.2. The van der Waals surface area contributed by atoms with Crippen LogP contribution in [0.15, 0.2) is 9.82 Å². The third-order valence-corrected chi connectivity index (χ3v) is 3.47. The number of carbonyl (C=O) groups excluding carboxylic acids is 1. The van der Waals surface area contributed by atoms with E-state index < -0.39 is 17.6 Å². The first-order valence-electron chi connectivity index (χ1n) is 6.02. The lowest BCUT2D eigenvalue weighted by atomic mass is 10.1. The highest BCUT2D eigenvalue weighted by atomic mass is 32.2. The molecular weight excluding hydrogens is 282 g/mol. The van der Waals surface area contributed by atoms with E-state index in [0.717, 1.165) is 0 Å².